The van der Waals surface area contributed by atoms with E-state index in [0.717, 1.165) is 36.1 Å². The van der Waals surface area contributed by atoms with Crippen molar-refractivity contribution < 1.29 is 14.6 Å². The summed E-state index contributed by atoms with van der Waals surface area (Å²) >= 11 is 0. The zero-order chi connectivity index (χ0) is 15.8. The van der Waals surface area contributed by atoms with Gasteiger partial charge in [-0.15, -0.1) is 0 Å². The average Bonchev–Trinajstić information content (AvgIpc) is 2.40. The fourth-order valence-electron chi connectivity index (χ4n) is 3.58. The van der Waals surface area contributed by atoms with Crippen molar-refractivity contribution in [3.05, 3.63) is 28.8 Å². The summed E-state index contributed by atoms with van der Waals surface area (Å²) in [6.07, 6.45) is 2.60. The third-order valence-electron chi connectivity index (χ3n) is 5.02. The summed E-state index contributed by atoms with van der Waals surface area (Å²) in [5.74, 6) is -0.103. The number of hydrogen-bond donors (Lipinski definition) is 1. The van der Waals surface area contributed by atoms with Crippen molar-refractivity contribution in [2.45, 2.75) is 52.9 Å². The first-order valence-electron chi connectivity index (χ1n) is 7.64. The van der Waals surface area contributed by atoms with Gasteiger partial charge in [0.2, 0.25) is 0 Å². The fraction of sp³-hybridized carbons (Fsp3) is 0.611. The summed E-state index contributed by atoms with van der Waals surface area (Å²) in [5, 5.41) is 9.59. The number of aryl methyl sites for hydroxylation is 1. The van der Waals surface area contributed by atoms with Gasteiger partial charge in [0, 0.05) is 5.92 Å². The molecule has 116 valence electrons. The molecule has 0 radical (unpaired) electrons. The molecule has 1 aromatic rings. The molecule has 2 unspecified atom stereocenters. The lowest BCUT2D eigenvalue weighted by Crippen LogP contribution is -2.33. The van der Waals surface area contributed by atoms with Crippen LogP contribution in [0.3, 0.4) is 0 Å². The molecule has 0 amide bonds. The molecule has 1 aliphatic carbocycles. The van der Waals surface area contributed by atoms with Gasteiger partial charge in [-0.1, -0.05) is 26.0 Å². The number of benzene rings is 1. The molecule has 1 N–H and O–H groups in total. The van der Waals surface area contributed by atoms with Crippen molar-refractivity contribution in [2.24, 2.45) is 11.3 Å². The number of rotatable bonds is 3. The third kappa shape index (κ3) is 3.07. The Labute approximate surface area is 127 Å². The molecular formula is C18H26O3. The van der Waals surface area contributed by atoms with E-state index in [-0.39, 0.29) is 17.3 Å². The minimum Gasteiger partial charge on any atom is -0.496 e. The van der Waals surface area contributed by atoms with Crippen molar-refractivity contribution >= 4 is 5.97 Å². The molecule has 1 fully saturated rings. The molecule has 2 rings (SSSR count). The molecule has 2 atom stereocenters. The highest BCUT2D eigenvalue weighted by molar-refractivity contribution is 5.72. The lowest BCUT2D eigenvalue weighted by molar-refractivity contribution is -0.144. The minimum atomic E-state index is -0.684. The van der Waals surface area contributed by atoms with Gasteiger partial charge in [0.15, 0.2) is 0 Å². The Kier molecular flexibility index (Phi) is 4.31. The van der Waals surface area contributed by atoms with Crippen molar-refractivity contribution in [3.63, 3.8) is 0 Å². The number of carboxylic acids is 1. The van der Waals surface area contributed by atoms with Gasteiger partial charge in [0.25, 0.3) is 0 Å². The van der Waals surface area contributed by atoms with Crippen molar-refractivity contribution in [1.82, 2.24) is 0 Å². The Morgan fingerprint density at radius 1 is 1.33 bits per heavy atom. The van der Waals surface area contributed by atoms with E-state index >= 15 is 0 Å². The molecule has 0 spiro atoms. The van der Waals surface area contributed by atoms with E-state index < -0.39 is 5.97 Å². The van der Waals surface area contributed by atoms with Gasteiger partial charge < -0.3 is 9.84 Å². The van der Waals surface area contributed by atoms with Gasteiger partial charge in [-0.05, 0) is 55.2 Å². The van der Waals surface area contributed by atoms with Crippen LogP contribution in [0.1, 0.15) is 55.7 Å². The van der Waals surface area contributed by atoms with Crippen LogP contribution < -0.4 is 4.74 Å². The Bertz CT molecular complexity index is 546. The van der Waals surface area contributed by atoms with E-state index in [9.17, 15) is 9.90 Å². The molecule has 0 aliphatic heterocycles. The van der Waals surface area contributed by atoms with Gasteiger partial charge in [0.05, 0.1) is 13.0 Å². The maximum absolute atomic E-state index is 11.7. The first-order chi connectivity index (χ1) is 9.76. The first kappa shape index (κ1) is 15.9. The summed E-state index contributed by atoms with van der Waals surface area (Å²) < 4.78 is 5.61. The van der Waals surface area contributed by atoms with Crippen molar-refractivity contribution in [3.8, 4) is 5.75 Å². The van der Waals surface area contributed by atoms with Gasteiger partial charge in [-0.25, -0.2) is 0 Å². The monoisotopic (exact) mass is 290 g/mol. The highest BCUT2D eigenvalue weighted by Crippen LogP contribution is 2.49. The van der Waals surface area contributed by atoms with Gasteiger partial charge in [0.1, 0.15) is 5.75 Å². The standard InChI is InChI=1S/C18H26O3/c1-11-6-7-13(16(21-5)12(11)2)15-10-18(3,4)9-8-14(15)17(19)20/h6-7,14-15H,8-10H2,1-5H3,(H,19,20). The van der Waals surface area contributed by atoms with Crippen LogP contribution in [0.5, 0.6) is 5.75 Å². The number of ether oxygens (including phenoxy) is 1. The molecule has 1 saturated carbocycles. The molecule has 21 heavy (non-hydrogen) atoms. The Morgan fingerprint density at radius 3 is 2.57 bits per heavy atom. The SMILES string of the molecule is COc1c(C2CC(C)(C)CCC2C(=O)O)ccc(C)c1C. The Hall–Kier alpha value is -1.51. The lowest BCUT2D eigenvalue weighted by atomic mass is 9.65. The first-order valence-corrected chi connectivity index (χ1v) is 7.64. The number of methoxy groups -OCH3 is 1. The lowest BCUT2D eigenvalue weighted by Gasteiger charge is -2.40. The highest BCUT2D eigenvalue weighted by Gasteiger charge is 2.40. The predicted molar refractivity (Wildman–Crippen MR) is 84.0 cm³/mol. The Morgan fingerprint density at radius 2 is 2.00 bits per heavy atom. The van der Waals surface area contributed by atoms with Crippen LogP contribution in [-0.2, 0) is 4.79 Å². The zero-order valence-electron chi connectivity index (χ0n) is 13.7. The normalized spacial score (nSPS) is 24.6. The predicted octanol–water partition coefficient (Wildman–Crippen LogP) is 4.31. The molecule has 0 aromatic heterocycles. The van der Waals surface area contributed by atoms with Gasteiger partial charge in [-0.2, -0.15) is 0 Å². The summed E-state index contributed by atoms with van der Waals surface area (Å²) in [4.78, 5) is 11.7. The highest BCUT2D eigenvalue weighted by atomic mass is 16.5. The smallest absolute Gasteiger partial charge is 0.307 e. The Balaban J connectivity index is 2.50. The second kappa shape index (κ2) is 5.70. The second-order valence-electron chi connectivity index (χ2n) is 7.09. The second-order valence-corrected chi connectivity index (χ2v) is 7.09. The largest absolute Gasteiger partial charge is 0.496 e. The van der Waals surface area contributed by atoms with Crippen molar-refractivity contribution in [2.75, 3.05) is 7.11 Å². The molecule has 1 aliphatic rings. The number of carboxylic acid groups (broad SMARTS) is 1. The summed E-state index contributed by atoms with van der Waals surface area (Å²) in [6.45, 7) is 8.56. The molecule has 3 heteroatoms. The number of carbonyl (C=O) groups is 1. The summed E-state index contributed by atoms with van der Waals surface area (Å²) in [6, 6.07) is 4.14. The molecule has 0 heterocycles. The molecule has 0 saturated heterocycles. The number of hydrogen-bond acceptors (Lipinski definition) is 2. The van der Waals surface area contributed by atoms with Crippen LogP contribution in [0.4, 0.5) is 0 Å². The van der Waals surface area contributed by atoms with Crippen LogP contribution in [-0.4, -0.2) is 18.2 Å². The topological polar surface area (TPSA) is 46.5 Å². The van der Waals surface area contributed by atoms with E-state index in [2.05, 4.69) is 32.9 Å². The third-order valence-corrected chi connectivity index (χ3v) is 5.02. The van der Waals surface area contributed by atoms with Crippen LogP contribution in [0.25, 0.3) is 0 Å². The van der Waals surface area contributed by atoms with Crippen LogP contribution in [0.15, 0.2) is 12.1 Å². The van der Waals surface area contributed by atoms with E-state index in [1.54, 1.807) is 7.11 Å². The molecule has 3 nitrogen and oxygen atoms in total. The number of aliphatic carboxylic acids is 1. The molecule has 0 bridgehead atoms. The van der Waals surface area contributed by atoms with Gasteiger partial charge >= 0.3 is 5.97 Å². The summed E-state index contributed by atoms with van der Waals surface area (Å²) in [5.41, 5.74) is 3.53. The van der Waals surface area contributed by atoms with Crippen LogP contribution >= 0.6 is 0 Å². The summed E-state index contributed by atoms with van der Waals surface area (Å²) in [7, 11) is 1.68. The zero-order valence-corrected chi connectivity index (χ0v) is 13.7. The van der Waals surface area contributed by atoms with Crippen LogP contribution in [0, 0.1) is 25.2 Å². The average molecular weight is 290 g/mol. The molecule has 1 aromatic carbocycles. The molecular weight excluding hydrogens is 264 g/mol. The maximum Gasteiger partial charge on any atom is 0.307 e. The van der Waals surface area contributed by atoms with Crippen LogP contribution in [0.2, 0.25) is 0 Å². The van der Waals surface area contributed by atoms with E-state index in [1.807, 2.05) is 6.92 Å². The maximum atomic E-state index is 11.7. The minimum absolute atomic E-state index is 0.0282. The van der Waals surface area contributed by atoms with Crippen molar-refractivity contribution in [1.29, 1.82) is 0 Å². The van der Waals surface area contributed by atoms with E-state index in [4.69, 9.17) is 4.74 Å². The fourth-order valence-corrected chi connectivity index (χ4v) is 3.58. The van der Waals surface area contributed by atoms with E-state index in [0.29, 0.717) is 0 Å². The van der Waals surface area contributed by atoms with Gasteiger partial charge in [-0.3, -0.25) is 4.79 Å². The van der Waals surface area contributed by atoms with E-state index in [1.165, 1.54) is 5.56 Å². The quantitative estimate of drug-likeness (QED) is 0.902.